The summed E-state index contributed by atoms with van der Waals surface area (Å²) in [5.41, 5.74) is 1.20. The summed E-state index contributed by atoms with van der Waals surface area (Å²) in [6, 6.07) is 8.11. The molecular weight excluding hydrogens is 401 g/mol. The lowest BCUT2D eigenvalue weighted by Gasteiger charge is -2.16. The first kappa shape index (κ1) is 20.5. The molecule has 0 aliphatic rings. The second kappa shape index (κ2) is 12.1. The minimum absolute atomic E-state index is 0. The number of hydrogen-bond donors (Lipinski definition) is 2. The second-order valence-corrected chi connectivity index (χ2v) is 5.08. The number of nitrogens with one attached hydrogen (secondary N) is 2. The van der Waals surface area contributed by atoms with E-state index in [2.05, 4.69) is 35.5 Å². The van der Waals surface area contributed by atoms with E-state index in [1.165, 1.54) is 5.56 Å². The molecule has 4 nitrogen and oxygen atoms in total. The largest absolute Gasteiger partial charge is 0.383 e. The van der Waals surface area contributed by atoms with Gasteiger partial charge in [0.25, 0.3) is 0 Å². The van der Waals surface area contributed by atoms with Crippen LogP contribution >= 0.6 is 35.6 Å². The molecule has 1 rings (SSSR count). The fourth-order valence-electron chi connectivity index (χ4n) is 1.83. The van der Waals surface area contributed by atoms with Crippen LogP contribution in [0.4, 0.5) is 0 Å². The average Bonchev–Trinajstić information content (AvgIpc) is 2.39. The van der Waals surface area contributed by atoms with Gasteiger partial charge in [-0.05, 0) is 38.0 Å². The van der Waals surface area contributed by atoms with Gasteiger partial charge in [-0.1, -0.05) is 23.7 Å². The van der Waals surface area contributed by atoms with Crippen molar-refractivity contribution in [2.24, 2.45) is 4.99 Å². The molecule has 0 aromatic heterocycles. The Morgan fingerprint density at radius 3 is 2.81 bits per heavy atom. The van der Waals surface area contributed by atoms with Gasteiger partial charge in [-0.15, -0.1) is 24.0 Å². The number of benzene rings is 1. The van der Waals surface area contributed by atoms with E-state index in [1.54, 1.807) is 7.11 Å². The minimum Gasteiger partial charge on any atom is -0.383 e. The van der Waals surface area contributed by atoms with Crippen LogP contribution in [0.15, 0.2) is 29.3 Å². The van der Waals surface area contributed by atoms with Crippen LogP contribution in [0.5, 0.6) is 0 Å². The van der Waals surface area contributed by atoms with Crippen molar-refractivity contribution in [3.05, 3.63) is 34.9 Å². The quantitative estimate of drug-likeness (QED) is 0.401. The van der Waals surface area contributed by atoms with Crippen molar-refractivity contribution in [1.29, 1.82) is 0 Å². The van der Waals surface area contributed by atoms with Gasteiger partial charge in [-0.25, -0.2) is 0 Å². The maximum Gasteiger partial charge on any atom is 0.191 e. The third-order valence-corrected chi connectivity index (χ3v) is 2.94. The molecule has 0 saturated carbocycles. The molecule has 0 radical (unpaired) electrons. The highest BCUT2D eigenvalue weighted by Crippen LogP contribution is 2.10. The van der Waals surface area contributed by atoms with Crippen molar-refractivity contribution in [2.75, 3.05) is 26.8 Å². The van der Waals surface area contributed by atoms with Gasteiger partial charge in [0.1, 0.15) is 0 Å². The number of hydrogen-bond acceptors (Lipinski definition) is 2. The lowest BCUT2D eigenvalue weighted by Crippen LogP contribution is -2.44. The average molecular weight is 426 g/mol. The van der Waals surface area contributed by atoms with Crippen molar-refractivity contribution in [3.8, 4) is 0 Å². The summed E-state index contributed by atoms with van der Waals surface area (Å²) in [4.78, 5) is 4.56. The van der Waals surface area contributed by atoms with Gasteiger partial charge in [0.2, 0.25) is 0 Å². The Morgan fingerprint density at radius 1 is 1.43 bits per heavy atom. The topological polar surface area (TPSA) is 45.7 Å². The second-order valence-electron chi connectivity index (χ2n) is 4.64. The summed E-state index contributed by atoms with van der Waals surface area (Å²) < 4.78 is 5.11. The van der Waals surface area contributed by atoms with E-state index in [0.717, 1.165) is 30.5 Å². The van der Waals surface area contributed by atoms with Crippen molar-refractivity contribution in [1.82, 2.24) is 10.6 Å². The van der Waals surface area contributed by atoms with Gasteiger partial charge in [0, 0.05) is 31.3 Å². The van der Waals surface area contributed by atoms with Crippen LogP contribution in [-0.2, 0) is 11.2 Å². The number of nitrogens with zero attached hydrogens (tertiary/aromatic N) is 1. The third kappa shape index (κ3) is 9.16. The monoisotopic (exact) mass is 425 g/mol. The van der Waals surface area contributed by atoms with Crippen LogP contribution in [0.3, 0.4) is 0 Å². The van der Waals surface area contributed by atoms with Gasteiger partial charge in [-0.3, -0.25) is 4.99 Å². The molecule has 0 heterocycles. The van der Waals surface area contributed by atoms with E-state index in [4.69, 9.17) is 16.3 Å². The Bertz CT molecular complexity index is 429. The first-order valence-corrected chi connectivity index (χ1v) is 7.31. The molecule has 21 heavy (non-hydrogen) atoms. The highest BCUT2D eigenvalue weighted by molar-refractivity contribution is 14.0. The summed E-state index contributed by atoms with van der Waals surface area (Å²) >= 11 is 5.97. The molecule has 0 fully saturated rings. The van der Waals surface area contributed by atoms with E-state index in [9.17, 15) is 0 Å². The van der Waals surface area contributed by atoms with Crippen molar-refractivity contribution >= 4 is 41.5 Å². The van der Waals surface area contributed by atoms with Crippen molar-refractivity contribution in [2.45, 2.75) is 26.3 Å². The lowest BCUT2D eigenvalue weighted by molar-refractivity contribution is 0.179. The van der Waals surface area contributed by atoms with Crippen LogP contribution in [0.1, 0.15) is 19.4 Å². The normalized spacial score (nSPS) is 12.5. The Labute approximate surface area is 149 Å². The van der Waals surface area contributed by atoms with Gasteiger partial charge in [-0.2, -0.15) is 0 Å². The molecule has 120 valence electrons. The van der Waals surface area contributed by atoms with E-state index in [0.29, 0.717) is 6.61 Å². The number of aliphatic imine (C=N–C) groups is 1. The number of halogens is 2. The van der Waals surface area contributed by atoms with Crippen molar-refractivity contribution < 1.29 is 4.74 Å². The number of ether oxygens (including phenoxy) is 1. The molecule has 1 aromatic rings. The standard InChI is InChI=1S/C15H24ClN3O.HI/c1-4-17-15(19-12(2)11-20-3)18-9-8-13-6-5-7-14(16)10-13;/h5-7,10,12H,4,8-9,11H2,1-3H3,(H2,17,18,19);1H. The van der Waals surface area contributed by atoms with Crippen LogP contribution in [-0.4, -0.2) is 38.8 Å². The highest BCUT2D eigenvalue weighted by atomic mass is 127. The van der Waals surface area contributed by atoms with E-state index in [-0.39, 0.29) is 30.0 Å². The predicted octanol–water partition coefficient (Wildman–Crippen LogP) is 3.09. The molecule has 1 unspecified atom stereocenters. The molecular formula is C15H25ClIN3O. The molecule has 0 spiro atoms. The van der Waals surface area contributed by atoms with E-state index >= 15 is 0 Å². The SMILES string of the molecule is CCNC(=NCCc1cccc(Cl)c1)NC(C)COC.I. The predicted molar refractivity (Wildman–Crippen MR) is 101 cm³/mol. The maximum atomic E-state index is 5.97. The number of guanidine groups is 1. The molecule has 0 bridgehead atoms. The molecule has 0 saturated heterocycles. The summed E-state index contributed by atoms with van der Waals surface area (Å²) in [7, 11) is 1.70. The first-order chi connectivity index (χ1) is 9.65. The molecule has 1 atom stereocenters. The lowest BCUT2D eigenvalue weighted by atomic mass is 10.1. The zero-order valence-electron chi connectivity index (χ0n) is 12.9. The Kier molecular flexibility index (Phi) is 11.8. The molecule has 6 heteroatoms. The van der Waals surface area contributed by atoms with Crippen LogP contribution in [0.25, 0.3) is 0 Å². The molecule has 0 aliphatic heterocycles. The summed E-state index contributed by atoms with van der Waals surface area (Å²) in [5, 5.41) is 7.30. The Balaban J connectivity index is 0.00000400. The molecule has 2 N–H and O–H groups in total. The van der Waals surface area contributed by atoms with Gasteiger partial charge >= 0.3 is 0 Å². The molecule has 1 aromatic carbocycles. The molecule has 0 aliphatic carbocycles. The fraction of sp³-hybridized carbons (Fsp3) is 0.533. The fourth-order valence-corrected chi connectivity index (χ4v) is 2.05. The zero-order valence-corrected chi connectivity index (χ0v) is 15.9. The zero-order chi connectivity index (χ0) is 14.8. The minimum atomic E-state index is 0. The summed E-state index contributed by atoms with van der Waals surface area (Å²) in [6.07, 6.45) is 0.871. The third-order valence-electron chi connectivity index (χ3n) is 2.70. The Hall–Kier alpha value is -0.530. The molecule has 0 amide bonds. The summed E-state index contributed by atoms with van der Waals surface area (Å²) in [5.74, 6) is 0.819. The van der Waals surface area contributed by atoms with Gasteiger partial charge < -0.3 is 15.4 Å². The van der Waals surface area contributed by atoms with E-state index < -0.39 is 0 Å². The van der Waals surface area contributed by atoms with E-state index in [1.807, 2.05) is 18.2 Å². The Morgan fingerprint density at radius 2 is 2.19 bits per heavy atom. The smallest absolute Gasteiger partial charge is 0.191 e. The van der Waals surface area contributed by atoms with Crippen molar-refractivity contribution in [3.63, 3.8) is 0 Å². The van der Waals surface area contributed by atoms with Crippen LogP contribution in [0, 0.1) is 0 Å². The highest BCUT2D eigenvalue weighted by Gasteiger charge is 2.04. The number of methoxy groups -OCH3 is 1. The van der Waals surface area contributed by atoms with Gasteiger partial charge in [0.15, 0.2) is 5.96 Å². The first-order valence-electron chi connectivity index (χ1n) is 6.94. The van der Waals surface area contributed by atoms with Crippen LogP contribution in [0.2, 0.25) is 5.02 Å². The summed E-state index contributed by atoms with van der Waals surface area (Å²) in [6.45, 7) is 6.32. The number of rotatable bonds is 7. The maximum absolute atomic E-state index is 5.97. The van der Waals surface area contributed by atoms with Crippen LogP contribution < -0.4 is 10.6 Å². The van der Waals surface area contributed by atoms with Gasteiger partial charge in [0.05, 0.1) is 6.61 Å².